The molecule has 14 rings (SSSR count). The van der Waals surface area contributed by atoms with Gasteiger partial charge in [-0.15, -0.1) is 0 Å². The molecule has 4 heterocycles. The van der Waals surface area contributed by atoms with Crippen LogP contribution in [0, 0.1) is 0 Å². The summed E-state index contributed by atoms with van der Waals surface area (Å²) in [6.45, 7) is 0. The largest absolute Gasteiger partial charge is 0.295 e. The quantitative estimate of drug-likeness (QED) is 0.132. The van der Waals surface area contributed by atoms with Gasteiger partial charge in [0.1, 0.15) is 0 Å². The Labute approximate surface area is 446 Å². The fourth-order valence-electron chi connectivity index (χ4n) is 10.8. The van der Waals surface area contributed by atoms with Crippen LogP contribution >= 0.6 is 0 Å². The lowest BCUT2D eigenvalue weighted by atomic mass is 10.1. The normalized spacial score (nSPS) is 13.2. The van der Waals surface area contributed by atoms with Crippen molar-refractivity contribution >= 4 is 45.5 Å². The van der Waals surface area contributed by atoms with E-state index in [9.17, 15) is 0 Å². The molecular formula is C67H46N10. The topological polar surface area (TPSA) is 90.3 Å². The molecule has 0 saturated heterocycles. The highest BCUT2D eigenvalue weighted by molar-refractivity contribution is 6.02. The molecule has 12 aromatic rings. The SMILES string of the molecule is c1ccc(-c2nc(-c3ccccc3)nc(-c3cccc(N4c5ccccc5N(c5cccc(-c6nc(-c7ccccc7)nc(-c7ccccc7)n6)c5)C45N(c4ccccc4)c4ccccc4N5c4ccccc4)c3)n2)cc1. The first-order valence-corrected chi connectivity index (χ1v) is 25.6. The van der Waals surface area contributed by atoms with Crippen molar-refractivity contribution in [3.8, 4) is 68.3 Å². The van der Waals surface area contributed by atoms with Gasteiger partial charge in [-0.3, -0.25) is 19.6 Å². The van der Waals surface area contributed by atoms with E-state index < -0.39 is 5.91 Å². The zero-order chi connectivity index (χ0) is 51.1. The molecule has 0 fully saturated rings. The molecule has 0 radical (unpaired) electrons. The zero-order valence-electron chi connectivity index (χ0n) is 41.5. The fourth-order valence-corrected chi connectivity index (χ4v) is 10.8. The Kier molecular flexibility index (Phi) is 11.1. The van der Waals surface area contributed by atoms with Crippen LogP contribution in [0.2, 0.25) is 0 Å². The van der Waals surface area contributed by atoms with E-state index in [1.165, 1.54) is 0 Å². The molecule has 0 amide bonds. The van der Waals surface area contributed by atoms with Crippen molar-refractivity contribution in [2.75, 3.05) is 19.6 Å². The number of hydrogen-bond donors (Lipinski definition) is 0. The van der Waals surface area contributed by atoms with Crippen molar-refractivity contribution in [3.05, 3.63) is 279 Å². The summed E-state index contributed by atoms with van der Waals surface area (Å²) in [7, 11) is 0. The van der Waals surface area contributed by atoms with E-state index in [1.54, 1.807) is 0 Å². The van der Waals surface area contributed by atoms with Crippen LogP contribution in [-0.2, 0) is 0 Å². The summed E-state index contributed by atoms with van der Waals surface area (Å²) in [5, 5.41) is 0. The van der Waals surface area contributed by atoms with Gasteiger partial charge in [0, 0.05) is 56.1 Å². The number of rotatable bonds is 10. The average Bonchev–Trinajstić information content (AvgIpc) is 4.01. The van der Waals surface area contributed by atoms with Gasteiger partial charge in [0.25, 0.3) is 5.91 Å². The van der Waals surface area contributed by atoms with Gasteiger partial charge in [0.15, 0.2) is 34.9 Å². The predicted molar refractivity (Wildman–Crippen MR) is 309 cm³/mol. The second kappa shape index (κ2) is 19.0. The lowest BCUT2D eigenvalue weighted by molar-refractivity contribution is 0.480. The van der Waals surface area contributed by atoms with Crippen molar-refractivity contribution < 1.29 is 0 Å². The van der Waals surface area contributed by atoms with Crippen molar-refractivity contribution in [1.29, 1.82) is 0 Å². The van der Waals surface area contributed by atoms with Gasteiger partial charge >= 0.3 is 0 Å². The molecule has 2 aliphatic heterocycles. The molecular weight excluding hydrogens is 945 g/mol. The Morgan fingerprint density at radius 3 is 0.688 bits per heavy atom. The van der Waals surface area contributed by atoms with Crippen LogP contribution in [0.25, 0.3) is 68.3 Å². The Morgan fingerprint density at radius 2 is 0.403 bits per heavy atom. The fraction of sp³-hybridized carbons (Fsp3) is 0.0149. The lowest BCUT2D eigenvalue weighted by Crippen LogP contribution is -2.70. The second-order valence-corrected chi connectivity index (χ2v) is 18.8. The Hall–Kier alpha value is -10.6. The molecule has 0 N–H and O–H groups in total. The van der Waals surface area contributed by atoms with Crippen LogP contribution in [0.15, 0.2) is 279 Å². The minimum atomic E-state index is -1.24. The Balaban J connectivity index is 1.03. The van der Waals surface area contributed by atoms with Gasteiger partial charge in [0.05, 0.1) is 22.7 Å². The number of aromatic nitrogens is 6. The summed E-state index contributed by atoms with van der Waals surface area (Å²) < 4.78 is 0. The molecule has 77 heavy (non-hydrogen) atoms. The van der Waals surface area contributed by atoms with E-state index in [0.717, 1.165) is 78.9 Å². The zero-order valence-corrected chi connectivity index (χ0v) is 41.5. The van der Waals surface area contributed by atoms with E-state index in [-0.39, 0.29) is 0 Å². The summed E-state index contributed by atoms with van der Waals surface area (Å²) in [6.07, 6.45) is 0. The minimum Gasteiger partial charge on any atom is -0.280 e. The van der Waals surface area contributed by atoms with E-state index in [4.69, 9.17) is 29.9 Å². The van der Waals surface area contributed by atoms with E-state index in [2.05, 4.69) is 177 Å². The lowest BCUT2D eigenvalue weighted by Gasteiger charge is -2.53. The summed E-state index contributed by atoms with van der Waals surface area (Å²) in [4.78, 5) is 40.9. The van der Waals surface area contributed by atoms with Gasteiger partial charge in [-0.05, 0) is 72.8 Å². The third kappa shape index (κ3) is 7.82. The van der Waals surface area contributed by atoms with Crippen molar-refractivity contribution in [2.24, 2.45) is 0 Å². The van der Waals surface area contributed by atoms with Crippen LogP contribution in [0.4, 0.5) is 45.5 Å². The van der Waals surface area contributed by atoms with Crippen molar-refractivity contribution in [1.82, 2.24) is 29.9 Å². The highest BCUT2D eigenvalue weighted by Gasteiger charge is 2.64. The van der Waals surface area contributed by atoms with Crippen molar-refractivity contribution in [3.63, 3.8) is 0 Å². The molecule has 10 nitrogen and oxygen atoms in total. The molecule has 0 saturated carbocycles. The van der Waals surface area contributed by atoms with Crippen LogP contribution in [0.5, 0.6) is 0 Å². The number of para-hydroxylation sites is 6. The second-order valence-electron chi connectivity index (χ2n) is 18.8. The molecule has 10 aromatic carbocycles. The number of anilines is 8. The monoisotopic (exact) mass is 990 g/mol. The maximum Gasteiger partial charge on any atom is 0.295 e. The smallest absolute Gasteiger partial charge is 0.280 e. The predicted octanol–water partition coefficient (Wildman–Crippen LogP) is 15.9. The molecule has 2 aromatic heterocycles. The molecule has 0 bridgehead atoms. The molecule has 10 heteroatoms. The van der Waals surface area contributed by atoms with Gasteiger partial charge in [-0.2, -0.15) is 0 Å². The first-order chi connectivity index (χ1) is 38.2. The number of benzene rings is 10. The van der Waals surface area contributed by atoms with Gasteiger partial charge < -0.3 is 0 Å². The van der Waals surface area contributed by atoms with E-state index in [0.29, 0.717) is 34.9 Å². The molecule has 2 aliphatic rings. The summed E-state index contributed by atoms with van der Waals surface area (Å²) in [5.74, 6) is 2.25. The van der Waals surface area contributed by atoms with Gasteiger partial charge in [-0.25, -0.2) is 29.9 Å². The van der Waals surface area contributed by atoms with Crippen LogP contribution in [0.1, 0.15) is 0 Å². The summed E-state index contributed by atoms with van der Waals surface area (Å²) in [5.41, 5.74) is 13.1. The third-order valence-corrected chi connectivity index (χ3v) is 14.1. The third-order valence-electron chi connectivity index (χ3n) is 14.1. The average molecular weight is 991 g/mol. The van der Waals surface area contributed by atoms with Crippen LogP contribution < -0.4 is 19.6 Å². The van der Waals surface area contributed by atoms with Gasteiger partial charge in [-0.1, -0.05) is 206 Å². The van der Waals surface area contributed by atoms with Crippen molar-refractivity contribution in [2.45, 2.75) is 5.91 Å². The Morgan fingerprint density at radius 1 is 0.195 bits per heavy atom. The first kappa shape index (κ1) is 45.1. The summed E-state index contributed by atoms with van der Waals surface area (Å²) >= 11 is 0. The number of fused-ring (bicyclic) bond motifs is 2. The highest BCUT2D eigenvalue weighted by atomic mass is 15.8. The van der Waals surface area contributed by atoms with Crippen LogP contribution in [-0.4, -0.2) is 35.8 Å². The summed E-state index contributed by atoms with van der Waals surface area (Å²) in [6, 6.07) is 96.4. The molecule has 0 unspecified atom stereocenters. The molecule has 364 valence electrons. The van der Waals surface area contributed by atoms with Gasteiger partial charge in [0.2, 0.25) is 0 Å². The standard InChI is InChI=1S/C67H46N10/c1-7-25-47(26-8-1)61-68-62(48-27-9-2-10-28-48)71-65(70-61)51-33-23-39-55(45-51)76-59-43-21-22-44-60(59)77(67(76)74(53-35-15-5-16-36-53)57-41-19-20-42-58(57)75(67)54-37-17-6-18-38-54)56-40-24-34-52(46-56)66-72-63(49-29-11-3-12-30-49)69-64(73-66)50-31-13-4-14-32-50/h1-46H. The maximum absolute atomic E-state index is 5.22. The molecule has 0 aliphatic carbocycles. The minimum absolute atomic E-state index is 0.558. The van der Waals surface area contributed by atoms with E-state index in [1.807, 2.05) is 121 Å². The number of hydrogen-bond acceptors (Lipinski definition) is 10. The highest BCUT2D eigenvalue weighted by Crippen LogP contribution is 2.64. The molecule has 1 spiro atoms. The molecule has 0 atom stereocenters. The maximum atomic E-state index is 5.22. The first-order valence-electron chi connectivity index (χ1n) is 25.6. The number of nitrogens with zero attached hydrogens (tertiary/aromatic N) is 10. The Bertz CT molecular complexity index is 3690. The van der Waals surface area contributed by atoms with Crippen LogP contribution in [0.3, 0.4) is 0 Å². The van der Waals surface area contributed by atoms with E-state index >= 15 is 0 Å².